The third-order valence-corrected chi connectivity index (χ3v) is 2.44. The zero-order chi connectivity index (χ0) is 13.5. The predicted molar refractivity (Wildman–Crippen MR) is 66.4 cm³/mol. The van der Waals surface area contributed by atoms with E-state index in [0.717, 1.165) is 0 Å². The van der Waals surface area contributed by atoms with Gasteiger partial charge >= 0.3 is 5.97 Å². The smallest absolute Gasteiger partial charge is 0.340 e. The Hall–Kier alpha value is -1.77. The van der Waals surface area contributed by atoms with Crippen LogP contribution in [0.4, 0.5) is 0 Å². The van der Waals surface area contributed by atoms with Gasteiger partial charge in [-0.25, -0.2) is 9.78 Å². The standard InChI is InChI=1S/C11H8Cl2N2O3/c1-2-3-14-9(16)6-18-11(17)7-4-8(12)10(13)15-5-7/h1,4-5H,3,6H2,(H,14,16). The molecule has 0 aliphatic carbocycles. The molecule has 1 N–H and O–H groups in total. The van der Waals surface area contributed by atoms with Gasteiger partial charge in [0.05, 0.1) is 17.1 Å². The highest BCUT2D eigenvalue weighted by molar-refractivity contribution is 6.41. The van der Waals surface area contributed by atoms with Gasteiger partial charge in [0, 0.05) is 6.20 Å². The van der Waals surface area contributed by atoms with Crippen molar-refractivity contribution in [3.05, 3.63) is 28.0 Å². The van der Waals surface area contributed by atoms with Gasteiger partial charge in [-0.2, -0.15) is 0 Å². The van der Waals surface area contributed by atoms with Gasteiger partial charge in [-0.1, -0.05) is 29.1 Å². The lowest BCUT2D eigenvalue weighted by Crippen LogP contribution is -2.29. The predicted octanol–water partition coefficient (Wildman–Crippen LogP) is 1.29. The molecule has 1 heterocycles. The highest BCUT2D eigenvalue weighted by Gasteiger charge is 2.12. The second-order valence-corrected chi connectivity index (χ2v) is 3.82. The van der Waals surface area contributed by atoms with Crippen LogP contribution in [0, 0.1) is 12.3 Å². The van der Waals surface area contributed by atoms with E-state index >= 15 is 0 Å². The maximum absolute atomic E-state index is 11.5. The number of rotatable bonds is 4. The normalized spacial score (nSPS) is 9.39. The van der Waals surface area contributed by atoms with Crippen molar-refractivity contribution in [2.45, 2.75) is 0 Å². The average molecular weight is 287 g/mol. The highest BCUT2D eigenvalue weighted by atomic mass is 35.5. The van der Waals surface area contributed by atoms with Gasteiger partial charge in [-0.05, 0) is 6.07 Å². The van der Waals surface area contributed by atoms with E-state index in [1.54, 1.807) is 0 Å². The van der Waals surface area contributed by atoms with Crippen molar-refractivity contribution < 1.29 is 14.3 Å². The van der Waals surface area contributed by atoms with Crippen LogP contribution in [-0.2, 0) is 9.53 Å². The monoisotopic (exact) mass is 286 g/mol. The molecule has 7 heteroatoms. The topological polar surface area (TPSA) is 68.3 Å². The number of hydrogen-bond donors (Lipinski definition) is 1. The van der Waals surface area contributed by atoms with Gasteiger partial charge < -0.3 is 10.1 Å². The first-order valence-electron chi connectivity index (χ1n) is 4.73. The largest absolute Gasteiger partial charge is 0.452 e. The summed E-state index contributed by atoms with van der Waals surface area (Å²) in [6, 6.07) is 1.30. The number of halogens is 2. The van der Waals surface area contributed by atoms with E-state index in [-0.39, 0.29) is 22.3 Å². The second kappa shape index (κ2) is 6.84. The van der Waals surface area contributed by atoms with Crippen molar-refractivity contribution in [3.63, 3.8) is 0 Å². The first-order chi connectivity index (χ1) is 8.54. The summed E-state index contributed by atoms with van der Waals surface area (Å²) in [5.41, 5.74) is 0.106. The van der Waals surface area contributed by atoms with Gasteiger partial charge in [-0.15, -0.1) is 6.42 Å². The van der Waals surface area contributed by atoms with Crippen molar-refractivity contribution in [1.29, 1.82) is 0 Å². The Bertz CT molecular complexity index is 512. The lowest BCUT2D eigenvalue weighted by atomic mass is 10.3. The van der Waals surface area contributed by atoms with E-state index in [0.29, 0.717) is 0 Å². The minimum atomic E-state index is -0.725. The number of pyridine rings is 1. The van der Waals surface area contributed by atoms with E-state index in [1.165, 1.54) is 12.3 Å². The Kier molecular flexibility index (Phi) is 5.43. The van der Waals surface area contributed by atoms with Crippen LogP contribution in [-0.4, -0.2) is 30.0 Å². The molecular formula is C11H8Cl2N2O3. The van der Waals surface area contributed by atoms with Gasteiger partial charge in [0.2, 0.25) is 0 Å². The summed E-state index contributed by atoms with van der Waals surface area (Å²) >= 11 is 11.3. The Balaban J connectivity index is 2.53. The van der Waals surface area contributed by atoms with Crippen molar-refractivity contribution >= 4 is 35.1 Å². The molecule has 0 radical (unpaired) electrons. The fourth-order valence-corrected chi connectivity index (χ4v) is 1.22. The molecule has 5 nitrogen and oxygen atoms in total. The summed E-state index contributed by atoms with van der Waals surface area (Å²) in [6.07, 6.45) is 6.15. The van der Waals surface area contributed by atoms with Gasteiger partial charge in [0.25, 0.3) is 5.91 Å². The van der Waals surface area contributed by atoms with Crippen LogP contribution in [0.15, 0.2) is 12.3 Å². The van der Waals surface area contributed by atoms with Gasteiger partial charge in [0.1, 0.15) is 5.15 Å². The van der Waals surface area contributed by atoms with E-state index < -0.39 is 18.5 Å². The third kappa shape index (κ3) is 4.24. The van der Waals surface area contributed by atoms with Crippen molar-refractivity contribution in [1.82, 2.24) is 10.3 Å². The SMILES string of the molecule is C#CCNC(=O)COC(=O)c1cnc(Cl)c(Cl)c1. The number of amides is 1. The van der Waals surface area contributed by atoms with Crippen molar-refractivity contribution in [2.24, 2.45) is 0 Å². The third-order valence-electron chi connectivity index (χ3n) is 1.75. The van der Waals surface area contributed by atoms with Crippen LogP contribution in [0.1, 0.15) is 10.4 Å². The van der Waals surface area contributed by atoms with Gasteiger partial charge in [-0.3, -0.25) is 4.79 Å². The molecule has 18 heavy (non-hydrogen) atoms. The maximum atomic E-state index is 11.5. The number of ether oxygens (including phenoxy) is 1. The number of nitrogens with zero attached hydrogens (tertiary/aromatic N) is 1. The van der Waals surface area contributed by atoms with Crippen LogP contribution < -0.4 is 5.32 Å². The molecule has 0 unspecified atom stereocenters. The number of hydrogen-bond acceptors (Lipinski definition) is 4. The summed E-state index contributed by atoms with van der Waals surface area (Å²) in [6.45, 7) is -0.356. The van der Waals surface area contributed by atoms with Crippen LogP contribution in [0.2, 0.25) is 10.2 Å². The lowest BCUT2D eigenvalue weighted by molar-refractivity contribution is -0.123. The molecule has 0 spiro atoms. The first-order valence-corrected chi connectivity index (χ1v) is 5.48. The molecule has 0 atom stereocenters. The zero-order valence-corrected chi connectivity index (χ0v) is 10.6. The van der Waals surface area contributed by atoms with Crippen LogP contribution in [0.25, 0.3) is 0 Å². The number of nitrogens with one attached hydrogen (secondary N) is 1. The summed E-state index contributed by atoms with van der Waals surface area (Å²) in [4.78, 5) is 26.3. The fraction of sp³-hybridized carbons (Fsp3) is 0.182. The molecular weight excluding hydrogens is 279 g/mol. The molecule has 1 aromatic heterocycles. The zero-order valence-electron chi connectivity index (χ0n) is 9.07. The van der Waals surface area contributed by atoms with Crippen LogP contribution >= 0.6 is 23.2 Å². The minimum absolute atomic E-state index is 0.0741. The molecule has 0 bridgehead atoms. The van der Waals surface area contributed by atoms with Crippen molar-refractivity contribution in [3.8, 4) is 12.3 Å². The summed E-state index contributed by atoms with van der Waals surface area (Å²) in [5, 5.41) is 2.56. The molecule has 0 aliphatic heterocycles. The summed E-state index contributed by atoms with van der Waals surface area (Å²) in [5.74, 6) is 1.00. The fourth-order valence-electron chi connectivity index (χ4n) is 0.948. The lowest BCUT2D eigenvalue weighted by Gasteiger charge is -2.05. The quantitative estimate of drug-likeness (QED) is 0.515. The van der Waals surface area contributed by atoms with E-state index in [4.69, 9.17) is 34.4 Å². The molecule has 1 aromatic rings. The molecule has 94 valence electrons. The van der Waals surface area contributed by atoms with E-state index in [2.05, 4.69) is 16.2 Å². The van der Waals surface area contributed by atoms with Crippen LogP contribution in [0.5, 0.6) is 0 Å². The van der Waals surface area contributed by atoms with E-state index in [9.17, 15) is 9.59 Å². The first kappa shape index (κ1) is 14.3. The summed E-state index contributed by atoms with van der Waals surface area (Å²) < 4.78 is 4.72. The molecule has 1 amide bonds. The Morgan fingerprint density at radius 3 is 2.83 bits per heavy atom. The van der Waals surface area contributed by atoms with E-state index in [1.807, 2.05) is 0 Å². The molecule has 0 saturated carbocycles. The molecule has 0 saturated heterocycles. The van der Waals surface area contributed by atoms with Crippen LogP contribution in [0.3, 0.4) is 0 Å². The average Bonchev–Trinajstić information content (AvgIpc) is 2.36. The van der Waals surface area contributed by atoms with Gasteiger partial charge in [0.15, 0.2) is 6.61 Å². The number of aromatic nitrogens is 1. The number of carbonyl (C=O) groups is 2. The second-order valence-electron chi connectivity index (χ2n) is 3.05. The minimum Gasteiger partial charge on any atom is -0.452 e. The number of esters is 1. The molecule has 1 rings (SSSR count). The molecule has 0 aliphatic rings. The Labute approximate surface area is 113 Å². The highest BCUT2D eigenvalue weighted by Crippen LogP contribution is 2.19. The summed E-state index contributed by atoms with van der Waals surface area (Å²) in [7, 11) is 0. The van der Waals surface area contributed by atoms with Crippen molar-refractivity contribution in [2.75, 3.05) is 13.2 Å². The number of carbonyl (C=O) groups excluding carboxylic acids is 2. The number of terminal acetylenes is 1. The molecule has 0 aromatic carbocycles. The Morgan fingerprint density at radius 1 is 1.50 bits per heavy atom. The Morgan fingerprint density at radius 2 is 2.22 bits per heavy atom. The molecule has 0 fully saturated rings. The maximum Gasteiger partial charge on any atom is 0.340 e.